The van der Waals surface area contributed by atoms with Crippen LogP contribution in [0.2, 0.25) is 5.15 Å². The fourth-order valence-electron chi connectivity index (χ4n) is 2.84. The van der Waals surface area contributed by atoms with Crippen molar-refractivity contribution < 1.29 is 0 Å². The molecule has 0 aliphatic rings. The van der Waals surface area contributed by atoms with E-state index in [4.69, 9.17) is 11.6 Å². The third kappa shape index (κ3) is 3.85. The molecule has 4 rings (SSSR count). The number of hydrogen-bond acceptors (Lipinski definition) is 4. The molecule has 0 amide bonds. The van der Waals surface area contributed by atoms with Crippen LogP contribution in [-0.2, 0) is 0 Å². The molecule has 0 fully saturated rings. The lowest BCUT2D eigenvalue weighted by molar-refractivity contribution is 1.36. The van der Waals surface area contributed by atoms with Gasteiger partial charge < -0.3 is 0 Å². The number of pyridine rings is 1. The second-order valence-electron chi connectivity index (χ2n) is 6.28. The Balaban J connectivity index is 1.74. The molecule has 0 bridgehead atoms. The summed E-state index contributed by atoms with van der Waals surface area (Å²) >= 11 is 11.2. The van der Waals surface area contributed by atoms with E-state index in [1.54, 1.807) is 6.08 Å². The van der Waals surface area contributed by atoms with Gasteiger partial charge in [-0.3, -0.25) is 0 Å². The topological polar surface area (TPSA) is 49.6 Å². The van der Waals surface area contributed by atoms with Gasteiger partial charge in [0.05, 0.1) is 16.8 Å². The van der Waals surface area contributed by atoms with E-state index in [0.717, 1.165) is 32.2 Å². The zero-order valence-electron chi connectivity index (χ0n) is 14.8. The Hall–Kier alpha value is -2.52. The van der Waals surface area contributed by atoms with Crippen molar-refractivity contribution in [1.82, 2.24) is 9.97 Å². The lowest BCUT2D eigenvalue weighted by Gasteiger charge is -2.04. The summed E-state index contributed by atoms with van der Waals surface area (Å²) in [5.41, 5.74) is 4.99. The summed E-state index contributed by atoms with van der Waals surface area (Å²) in [6.45, 7) is 2.03. The molecule has 0 radical (unpaired) electrons. The summed E-state index contributed by atoms with van der Waals surface area (Å²) in [4.78, 5) is 9.08. The quantitative estimate of drug-likeness (QED) is 0.238. The number of allylic oxidation sites excluding steroid dienone is 1. The van der Waals surface area contributed by atoms with Gasteiger partial charge in [0.15, 0.2) is 0 Å². The normalized spacial score (nSPS) is 11.6. The van der Waals surface area contributed by atoms with E-state index >= 15 is 0 Å². The molecule has 2 aromatic carbocycles. The van der Waals surface area contributed by atoms with Gasteiger partial charge in [-0.1, -0.05) is 51.3 Å². The first-order chi connectivity index (χ1) is 13.5. The van der Waals surface area contributed by atoms with Crippen molar-refractivity contribution in [3.63, 3.8) is 0 Å². The van der Waals surface area contributed by atoms with Crippen molar-refractivity contribution in [2.24, 2.45) is 0 Å². The number of aryl methyl sites for hydroxylation is 1. The Morgan fingerprint density at radius 2 is 1.93 bits per heavy atom. The van der Waals surface area contributed by atoms with E-state index in [2.05, 4.69) is 38.0 Å². The molecular formula is C22H13BrClN3S. The van der Waals surface area contributed by atoms with Crippen LogP contribution < -0.4 is 0 Å². The number of rotatable bonds is 3. The molecule has 0 N–H and O–H groups in total. The highest BCUT2D eigenvalue weighted by atomic mass is 79.9. The van der Waals surface area contributed by atoms with Crippen LogP contribution in [-0.4, -0.2) is 9.97 Å². The van der Waals surface area contributed by atoms with Crippen LogP contribution in [0.5, 0.6) is 0 Å². The largest absolute Gasteiger partial charge is 0.235 e. The van der Waals surface area contributed by atoms with Crippen molar-refractivity contribution in [3.8, 4) is 17.3 Å². The molecule has 0 atom stereocenters. The number of nitrogens with zero attached hydrogens (tertiary/aromatic N) is 3. The van der Waals surface area contributed by atoms with Gasteiger partial charge >= 0.3 is 0 Å². The monoisotopic (exact) mass is 465 g/mol. The van der Waals surface area contributed by atoms with Crippen LogP contribution in [0.1, 0.15) is 16.1 Å². The van der Waals surface area contributed by atoms with Crippen LogP contribution in [0.3, 0.4) is 0 Å². The lowest BCUT2D eigenvalue weighted by atomic mass is 10.1. The molecule has 28 heavy (non-hydrogen) atoms. The number of hydrogen-bond donors (Lipinski definition) is 0. The number of nitriles is 1. The second-order valence-corrected chi connectivity index (χ2v) is 8.41. The van der Waals surface area contributed by atoms with Crippen LogP contribution >= 0.6 is 38.9 Å². The molecule has 0 aliphatic heterocycles. The van der Waals surface area contributed by atoms with Crippen molar-refractivity contribution in [2.75, 3.05) is 0 Å². The minimum atomic E-state index is 0.369. The van der Waals surface area contributed by atoms with E-state index < -0.39 is 0 Å². The number of fused-ring (bicyclic) bond motifs is 1. The molecule has 3 nitrogen and oxygen atoms in total. The fourth-order valence-corrected chi connectivity index (χ4v) is 4.10. The lowest BCUT2D eigenvalue weighted by Crippen LogP contribution is -1.88. The van der Waals surface area contributed by atoms with E-state index in [9.17, 15) is 5.26 Å². The predicted molar refractivity (Wildman–Crippen MR) is 120 cm³/mol. The van der Waals surface area contributed by atoms with Crippen molar-refractivity contribution in [2.45, 2.75) is 6.92 Å². The Kier molecular flexibility index (Phi) is 5.27. The van der Waals surface area contributed by atoms with E-state index in [0.29, 0.717) is 21.3 Å². The first kappa shape index (κ1) is 18.8. The summed E-state index contributed by atoms with van der Waals surface area (Å²) in [6, 6.07) is 18.1. The summed E-state index contributed by atoms with van der Waals surface area (Å²) in [7, 11) is 0. The Morgan fingerprint density at radius 1 is 1.14 bits per heavy atom. The van der Waals surface area contributed by atoms with Crippen LogP contribution in [0.25, 0.3) is 33.8 Å². The maximum Gasteiger partial charge on any atom is 0.137 e. The summed E-state index contributed by atoms with van der Waals surface area (Å²) in [5.74, 6) is 0. The predicted octanol–water partition coefficient (Wildman–Crippen LogP) is 7.15. The smallest absolute Gasteiger partial charge is 0.137 e. The average Bonchev–Trinajstić information content (AvgIpc) is 3.17. The summed E-state index contributed by atoms with van der Waals surface area (Å²) in [5, 5.41) is 13.6. The van der Waals surface area contributed by atoms with Gasteiger partial charge in [0.25, 0.3) is 0 Å². The van der Waals surface area contributed by atoms with Gasteiger partial charge in [-0.25, -0.2) is 9.97 Å². The number of benzene rings is 2. The van der Waals surface area contributed by atoms with Crippen molar-refractivity contribution in [3.05, 3.63) is 79.7 Å². The van der Waals surface area contributed by atoms with E-state index in [1.165, 1.54) is 11.3 Å². The van der Waals surface area contributed by atoms with Gasteiger partial charge in [0.2, 0.25) is 0 Å². The minimum absolute atomic E-state index is 0.369. The van der Waals surface area contributed by atoms with E-state index in [1.807, 2.05) is 54.8 Å². The molecular weight excluding hydrogens is 454 g/mol. The van der Waals surface area contributed by atoms with Gasteiger partial charge in [-0.05, 0) is 43.3 Å². The van der Waals surface area contributed by atoms with Gasteiger partial charge in [0.1, 0.15) is 16.2 Å². The minimum Gasteiger partial charge on any atom is -0.235 e. The number of halogens is 2. The van der Waals surface area contributed by atoms with Crippen LogP contribution in [0, 0.1) is 18.3 Å². The molecule has 6 heteroatoms. The third-order valence-corrected chi connectivity index (χ3v) is 5.95. The van der Waals surface area contributed by atoms with Crippen molar-refractivity contribution in [1.29, 1.82) is 5.26 Å². The highest BCUT2D eigenvalue weighted by Crippen LogP contribution is 2.30. The summed E-state index contributed by atoms with van der Waals surface area (Å²) < 4.78 is 1.01. The Morgan fingerprint density at radius 3 is 2.68 bits per heavy atom. The van der Waals surface area contributed by atoms with Gasteiger partial charge in [-0.2, -0.15) is 5.26 Å². The summed E-state index contributed by atoms with van der Waals surface area (Å²) in [6.07, 6.45) is 1.75. The zero-order valence-corrected chi connectivity index (χ0v) is 17.9. The molecule has 0 spiro atoms. The molecule has 0 unspecified atom stereocenters. The zero-order chi connectivity index (χ0) is 19.7. The first-order valence-corrected chi connectivity index (χ1v) is 10.5. The standard InChI is InChI=1S/C22H13BrClN3S/c1-13-2-7-19-15(8-13)9-16(21(24)26-19)10-17(11-25)22-27-20(12-28-22)14-3-5-18(23)6-4-14/h2-10,12H,1H3. The Bertz CT molecular complexity index is 1250. The highest BCUT2D eigenvalue weighted by molar-refractivity contribution is 9.10. The SMILES string of the molecule is Cc1ccc2nc(Cl)c(C=C(C#N)c3nc(-c4ccc(Br)cc4)cs3)cc2c1. The van der Waals surface area contributed by atoms with Crippen LogP contribution in [0.15, 0.2) is 58.4 Å². The fraction of sp³-hybridized carbons (Fsp3) is 0.0455. The Labute approximate surface area is 180 Å². The molecule has 0 saturated heterocycles. The molecule has 2 heterocycles. The van der Waals surface area contributed by atoms with E-state index in [-0.39, 0.29) is 0 Å². The number of thiazole rings is 1. The number of aromatic nitrogens is 2. The average molecular weight is 467 g/mol. The third-order valence-electron chi connectivity index (χ3n) is 4.25. The molecule has 0 saturated carbocycles. The first-order valence-electron chi connectivity index (χ1n) is 8.44. The van der Waals surface area contributed by atoms with Gasteiger partial charge in [0, 0.05) is 26.4 Å². The molecule has 0 aliphatic carbocycles. The molecule has 2 aromatic heterocycles. The second kappa shape index (κ2) is 7.84. The highest BCUT2D eigenvalue weighted by Gasteiger charge is 2.11. The molecule has 136 valence electrons. The van der Waals surface area contributed by atoms with Crippen molar-refractivity contribution >= 4 is 61.4 Å². The molecule has 4 aromatic rings. The van der Waals surface area contributed by atoms with Crippen LogP contribution in [0.4, 0.5) is 0 Å². The maximum absolute atomic E-state index is 9.68. The van der Waals surface area contributed by atoms with Gasteiger partial charge in [-0.15, -0.1) is 11.3 Å². The maximum atomic E-state index is 9.68.